The number of fused-ring (bicyclic) bond motifs is 1. The predicted octanol–water partition coefficient (Wildman–Crippen LogP) is 3.87. The lowest BCUT2D eigenvalue weighted by Gasteiger charge is -2.18. The summed E-state index contributed by atoms with van der Waals surface area (Å²) in [6.45, 7) is 4.47. The number of methoxy groups -OCH3 is 1. The van der Waals surface area contributed by atoms with Crippen molar-refractivity contribution in [3.63, 3.8) is 0 Å². The first-order valence-electron chi connectivity index (χ1n) is 12.7. The van der Waals surface area contributed by atoms with E-state index in [4.69, 9.17) is 4.74 Å². The second kappa shape index (κ2) is 12.1. The van der Waals surface area contributed by atoms with Gasteiger partial charge in [0.05, 0.1) is 19.8 Å². The lowest BCUT2D eigenvalue weighted by atomic mass is 10.0. The van der Waals surface area contributed by atoms with Gasteiger partial charge in [-0.05, 0) is 78.9 Å². The lowest BCUT2D eigenvalue weighted by Crippen LogP contribution is -2.32. The van der Waals surface area contributed by atoms with Gasteiger partial charge in [0.15, 0.2) is 0 Å². The van der Waals surface area contributed by atoms with E-state index in [1.54, 1.807) is 19.2 Å². The number of phenols is 1. The molecule has 0 fully saturated rings. The van der Waals surface area contributed by atoms with Crippen LogP contribution < -0.4 is 15.4 Å². The zero-order valence-electron chi connectivity index (χ0n) is 21.9. The zero-order chi connectivity index (χ0) is 27.2. The first-order chi connectivity index (χ1) is 18.3. The van der Waals surface area contributed by atoms with Crippen LogP contribution in [0.25, 0.3) is 10.9 Å². The third-order valence-corrected chi connectivity index (χ3v) is 6.85. The van der Waals surface area contributed by atoms with E-state index in [-0.39, 0.29) is 24.3 Å². The molecule has 0 radical (unpaired) electrons. The highest BCUT2D eigenvalue weighted by atomic mass is 16.5. The van der Waals surface area contributed by atoms with Crippen molar-refractivity contribution in [3.8, 4) is 11.5 Å². The number of aliphatic hydroxyl groups excluding tert-OH is 2. The Morgan fingerprint density at radius 2 is 1.89 bits per heavy atom. The lowest BCUT2D eigenvalue weighted by molar-refractivity contribution is 0.0946. The van der Waals surface area contributed by atoms with Crippen LogP contribution in [0.2, 0.25) is 0 Å². The maximum atomic E-state index is 12.8. The van der Waals surface area contributed by atoms with Gasteiger partial charge in [0.1, 0.15) is 17.2 Å². The van der Waals surface area contributed by atoms with Gasteiger partial charge in [0, 0.05) is 35.6 Å². The molecule has 200 valence electrons. The van der Waals surface area contributed by atoms with Crippen LogP contribution in [0.1, 0.15) is 51.3 Å². The molecule has 0 aliphatic rings. The molecule has 3 aromatic carbocycles. The fourth-order valence-corrected chi connectivity index (χ4v) is 4.57. The second-order valence-corrected chi connectivity index (χ2v) is 9.61. The Morgan fingerprint density at radius 1 is 1.08 bits per heavy atom. The highest BCUT2D eigenvalue weighted by Crippen LogP contribution is 2.23. The summed E-state index contributed by atoms with van der Waals surface area (Å²) in [6, 6.07) is 18.5. The molecule has 2 atom stereocenters. The molecule has 0 saturated heterocycles. The molecule has 1 heterocycles. The standard InChI is InChI=1S/C30H35N3O5/c1-18(31-16-28(36)21-8-10-27(35)24(13-21)17-34)11-20-7-9-25-23(12-20)14-26(33-25)30(37)32-15-22-5-4-6-29(38-3)19(22)2/h4-10,12-14,18,28,31,33-36H,11,15-17H2,1-3H3,(H,32,37)/t18?,28-/m0/s1. The Morgan fingerprint density at radius 3 is 2.66 bits per heavy atom. The summed E-state index contributed by atoms with van der Waals surface area (Å²) in [6.07, 6.45) is -0.0283. The van der Waals surface area contributed by atoms with E-state index in [2.05, 4.69) is 21.7 Å². The van der Waals surface area contributed by atoms with Crippen molar-refractivity contribution < 1.29 is 24.9 Å². The smallest absolute Gasteiger partial charge is 0.267 e. The minimum absolute atomic E-state index is 0.0116. The van der Waals surface area contributed by atoms with E-state index in [0.717, 1.165) is 39.8 Å². The van der Waals surface area contributed by atoms with Crippen molar-refractivity contribution in [2.45, 2.75) is 45.6 Å². The summed E-state index contributed by atoms with van der Waals surface area (Å²) in [7, 11) is 1.63. The van der Waals surface area contributed by atoms with Gasteiger partial charge in [0.25, 0.3) is 5.91 Å². The molecule has 1 amide bonds. The van der Waals surface area contributed by atoms with Gasteiger partial charge in [-0.25, -0.2) is 0 Å². The first kappa shape index (κ1) is 27.2. The van der Waals surface area contributed by atoms with Crippen molar-refractivity contribution in [2.24, 2.45) is 0 Å². The minimum Gasteiger partial charge on any atom is -0.508 e. The van der Waals surface area contributed by atoms with E-state index in [9.17, 15) is 20.1 Å². The molecule has 8 heteroatoms. The molecule has 1 unspecified atom stereocenters. The van der Waals surface area contributed by atoms with Crippen LogP contribution in [-0.2, 0) is 19.6 Å². The van der Waals surface area contributed by atoms with E-state index < -0.39 is 6.10 Å². The average molecular weight is 518 g/mol. The molecule has 6 N–H and O–H groups in total. The van der Waals surface area contributed by atoms with Crippen LogP contribution in [0, 0.1) is 6.92 Å². The molecule has 4 rings (SSSR count). The quantitative estimate of drug-likeness (QED) is 0.179. The maximum Gasteiger partial charge on any atom is 0.267 e. The molecule has 0 bridgehead atoms. The molecule has 0 saturated carbocycles. The summed E-state index contributed by atoms with van der Waals surface area (Å²) in [5.41, 5.74) is 5.53. The van der Waals surface area contributed by atoms with Crippen LogP contribution in [-0.4, -0.2) is 45.9 Å². The topological polar surface area (TPSA) is 127 Å². The number of ether oxygens (including phenoxy) is 1. The number of rotatable bonds is 11. The van der Waals surface area contributed by atoms with Crippen LogP contribution in [0.4, 0.5) is 0 Å². The molecule has 0 aliphatic heterocycles. The molecule has 0 aliphatic carbocycles. The molecule has 8 nitrogen and oxygen atoms in total. The number of aliphatic hydroxyl groups is 2. The van der Waals surface area contributed by atoms with Crippen molar-refractivity contribution in [1.82, 2.24) is 15.6 Å². The molecular weight excluding hydrogens is 482 g/mol. The predicted molar refractivity (Wildman–Crippen MR) is 147 cm³/mol. The number of carbonyl (C=O) groups is 1. The van der Waals surface area contributed by atoms with E-state index in [0.29, 0.717) is 29.9 Å². The Labute approximate surface area is 222 Å². The number of aromatic hydroxyl groups is 1. The summed E-state index contributed by atoms with van der Waals surface area (Å²) >= 11 is 0. The summed E-state index contributed by atoms with van der Waals surface area (Å²) in [5, 5.41) is 36.9. The van der Waals surface area contributed by atoms with E-state index in [1.165, 1.54) is 6.07 Å². The van der Waals surface area contributed by atoms with Crippen LogP contribution >= 0.6 is 0 Å². The van der Waals surface area contributed by atoms with Crippen molar-refractivity contribution in [1.29, 1.82) is 0 Å². The van der Waals surface area contributed by atoms with Crippen molar-refractivity contribution in [2.75, 3.05) is 13.7 Å². The summed E-state index contributed by atoms with van der Waals surface area (Å²) in [5.74, 6) is 0.634. The monoisotopic (exact) mass is 517 g/mol. The SMILES string of the molecule is COc1cccc(CNC(=O)c2cc3cc(CC(C)NC[C@H](O)c4ccc(O)c(CO)c4)ccc3[nH]2)c1C. The number of carbonyl (C=O) groups excluding carboxylic acids is 1. The second-order valence-electron chi connectivity index (χ2n) is 9.61. The number of aromatic amines is 1. The summed E-state index contributed by atoms with van der Waals surface area (Å²) < 4.78 is 5.36. The number of hydrogen-bond donors (Lipinski definition) is 6. The van der Waals surface area contributed by atoms with Crippen LogP contribution in [0.5, 0.6) is 11.5 Å². The first-order valence-corrected chi connectivity index (χ1v) is 12.7. The van der Waals surface area contributed by atoms with Crippen LogP contribution in [0.15, 0.2) is 60.7 Å². The van der Waals surface area contributed by atoms with E-state index in [1.807, 2.05) is 50.2 Å². The van der Waals surface area contributed by atoms with Gasteiger partial charge in [-0.3, -0.25) is 4.79 Å². The third kappa shape index (κ3) is 6.34. The van der Waals surface area contributed by atoms with Gasteiger partial charge < -0.3 is 35.7 Å². The van der Waals surface area contributed by atoms with Gasteiger partial charge in [-0.1, -0.05) is 24.3 Å². The summed E-state index contributed by atoms with van der Waals surface area (Å²) in [4.78, 5) is 16.0. The van der Waals surface area contributed by atoms with Gasteiger partial charge in [-0.15, -0.1) is 0 Å². The molecule has 1 aromatic heterocycles. The molecule has 0 spiro atoms. The Kier molecular flexibility index (Phi) is 8.68. The van der Waals surface area contributed by atoms with Gasteiger partial charge in [-0.2, -0.15) is 0 Å². The molecule has 4 aromatic rings. The Bertz CT molecular complexity index is 1410. The molecule has 38 heavy (non-hydrogen) atoms. The van der Waals surface area contributed by atoms with Gasteiger partial charge >= 0.3 is 0 Å². The average Bonchev–Trinajstić information content (AvgIpc) is 3.35. The maximum absolute atomic E-state index is 12.8. The van der Waals surface area contributed by atoms with Crippen molar-refractivity contribution >= 4 is 16.8 Å². The fourth-order valence-electron chi connectivity index (χ4n) is 4.57. The highest BCUT2D eigenvalue weighted by molar-refractivity contribution is 5.98. The van der Waals surface area contributed by atoms with Crippen LogP contribution in [0.3, 0.4) is 0 Å². The molecular formula is C30H35N3O5. The number of hydrogen-bond acceptors (Lipinski definition) is 6. The Hall–Kier alpha value is -3.85. The normalized spacial score (nSPS) is 12.9. The number of benzene rings is 3. The number of aromatic nitrogens is 1. The Balaban J connectivity index is 1.34. The third-order valence-electron chi connectivity index (χ3n) is 6.85. The zero-order valence-corrected chi connectivity index (χ0v) is 21.9. The van der Waals surface area contributed by atoms with Gasteiger partial charge in [0.2, 0.25) is 0 Å². The van der Waals surface area contributed by atoms with Crippen molar-refractivity contribution in [3.05, 3.63) is 94.2 Å². The minimum atomic E-state index is -0.766. The fraction of sp³-hybridized carbons (Fsp3) is 0.300. The highest BCUT2D eigenvalue weighted by Gasteiger charge is 2.14. The number of nitrogens with one attached hydrogen (secondary N) is 3. The van der Waals surface area contributed by atoms with E-state index >= 15 is 0 Å². The largest absolute Gasteiger partial charge is 0.508 e. The number of amides is 1. The number of H-pyrrole nitrogens is 1.